The van der Waals surface area contributed by atoms with Crippen LogP contribution in [0.1, 0.15) is 44.2 Å². The Morgan fingerprint density at radius 1 is 1.22 bits per heavy atom. The smallest absolute Gasteiger partial charge is 0.416 e. The van der Waals surface area contributed by atoms with E-state index in [0.717, 1.165) is 12.1 Å². The van der Waals surface area contributed by atoms with Crippen LogP contribution < -0.4 is 0 Å². The summed E-state index contributed by atoms with van der Waals surface area (Å²) in [6.45, 7) is 11.0. The summed E-state index contributed by atoms with van der Waals surface area (Å²) in [6.07, 6.45) is -4.00. The molecule has 0 saturated heterocycles. The Bertz CT molecular complexity index is 570. The highest BCUT2D eigenvalue weighted by atomic mass is 28.4. The maximum atomic E-state index is 12.8. The van der Waals surface area contributed by atoms with Crippen LogP contribution in [-0.4, -0.2) is 14.9 Å². The largest absolute Gasteiger partial charge is 0.417 e. The summed E-state index contributed by atoms with van der Waals surface area (Å²) >= 11 is 0. The van der Waals surface area contributed by atoms with Crippen molar-refractivity contribution in [3.63, 3.8) is 0 Å². The molecule has 2 nitrogen and oxygen atoms in total. The van der Waals surface area contributed by atoms with Gasteiger partial charge in [-0.2, -0.15) is 18.4 Å². The van der Waals surface area contributed by atoms with E-state index >= 15 is 0 Å². The SMILES string of the molecule is CC(C)(C)[Si](C)(C)OCCC(C#N)c1cccc(C(F)(F)F)c1. The standard InChI is InChI=1S/C17H24F3NOSi/c1-16(2,3)23(4,5)22-10-9-14(12-21)13-7-6-8-15(11-13)17(18,19)20/h6-8,11,14H,9-10H2,1-5H3. The Morgan fingerprint density at radius 2 is 1.83 bits per heavy atom. The lowest BCUT2D eigenvalue weighted by atomic mass is 9.96. The minimum absolute atomic E-state index is 0.0609. The zero-order valence-corrected chi connectivity index (χ0v) is 15.3. The average Bonchev–Trinajstić information content (AvgIpc) is 2.41. The molecule has 0 aliphatic rings. The zero-order valence-electron chi connectivity index (χ0n) is 14.3. The van der Waals surface area contributed by atoms with Gasteiger partial charge in [-0.25, -0.2) is 0 Å². The average molecular weight is 343 g/mol. The maximum Gasteiger partial charge on any atom is 0.416 e. The van der Waals surface area contributed by atoms with Crippen LogP contribution in [0, 0.1) is 11.3 Å². The molecule has 0 N–H and O–H groups in total. The Balaban J connectivity index is 2.78. The van der Waals surface area contributed by atoms with Gasteiger partial charge in [-0.15, -0.1) is 0 Å². The van der Waals surface area contributed by atoms with E-state index in [4.69, 9.17) is 4.43 Å². The van der Waals surface area contributed by atoms with E-state index in [1.54, 1.807) is 6.07 Å². The summed E-state index contributed by atoms with van der Waals surface area (Å²) in [6, 6.07) is 7.07. The Labute approximate surface area is 137 Å². The summed E-state index contributed by atoms with van der Waals surface area (Å²) in [4.78, 5) is 0. The molecule has 23 heavy (non-hydrogen) atoms. The molecule has 0 aliphatic heterocycles. The quantitative estimate of drug-likeness (QED) is 0.640. The first-order valence-electron chi connectivity index (χ1n) is 7.59. The molecule has 6 heteroatoms. The second-order valence-electron chi connectivity index (χ2n) is 7.20. The van der Waals surface area contributed by atoms with Crippen LogP contribution in [0.4, 0.5) is 13.2 Å². The molecule has 1 rings (SSSR count). The first kappa shape index (κ1) is 19.7. The van der Waals surface area contributed by atoms with Gasteiger partial charge in [0.25, 0.3) is 0 Å². The van der Waals surface area contributed by atoms with Gasteiger partial charge in [0, 0.05) is 6.61 Å². The second kappa shape index (κ2) is 7.06. The van der Waals surface area contributed by atoms with E-state index in [-0.39, 0.29) is 5.04 Å². The molecule has 1 unspecified atom stereocenters. The van der Waals surface area contributed by atoms with Gasteiger partial charge in [0.05, 0.1) is 17.6 Å². The van der Waals surface area contributed by atoms with Crippen molar-refractivity contribution in [3.8, 4) is 6.07 Å². The van der Waals surface area contributed by atoms with Gasteiger partial charge in [0.1, 0.15) is 0 Å². The Kier molecular flexibility index (Phi) is 6.05. The highest BCUT2D eigenvalue weighted by Crippen LogP contribution is 2.37. The number of hydrogen-bond donors (Lipinski definition) is 0. The normalized spacial score (nSPS) is 14.4. The molecular formula is C17H24F3NOSi. The molecule has 0 fully saturated rings. The monoisotopic (exact) mass is 343 g/mol. The van der Waals surface area contributed by atoms with Gasteiger partial charge in [-0.05, 0) is 36.2 Å². The molecule has 0 radical (unpaired) electrons. The fourth-order valence-electron chi connectivity index (χ4n) is 1.89. The minimum atomic E-state index is -4.40. The molecule has 0 aromatic heterocycles. The van der Waals surface area contributed by atoms with Gasteiger partial charge >= 0.3 is 6.18 Å². The highest BCUT2D eigenvalue weighted by molar-refractivity contribution is 6.74. The molecule has 0 spiro atoms. The molecular weight excluding hydrogens is 319 g/mol. The number of alkyl halides is 3. The van der Waals surface area contributed by atoms with Crippen molar-refractivity contribution in [1.29, 1.82) is 5.26 Å². The zero-order chi connectivity index (χ0) is 17.9. The number of nitrogens with zero attached hydrogens (tertiary/aromatic N) is 1. The van der Waals surface area contributed by atoms with E-state index in [1.807, 2.05) is 0 Å². The molecule has 0 aliphatic carbocycles. The van der Waals surface area contributed by atoms with Gasteiger partial charge < -0.3 is 4.43 Å². The Morgan fingerprint density at radius 3 is 2.30 bits per heavy atom. The fourth-order valence-corrected chi connectivity index (χ4v) is 2.95. The van der Waals surface area contributed by atoms with Crippen LogP contribution in [0.2, 0.25) is 18.1 Å². The molecule has 0 heterocycles. The first-order chi connectivity index (χ1) is 10.4. The van der Waals surface area contributed by atoms with Crippen molar-refractivity contribution in [1.82, 2.24) is 0 Å². The van der Waals surface area contributed by atoms with Crippen LogP contribution in [0.15, 0.2) is 24.3 Å². The van der Waals surface area contributed by atoms with E-state index in [9.17, 15) is 18.4 Å². The molecule has 128 valence electrons. The van der Waals surface area contributed by atoms with Crippen LogP contribution in [-0.2, 0) is 10.6 Å². The van der Waals surface area contributed by atoms with E-state index < -0.39 is 26.0 Å². The number of rotatable bonds is 5. The third-order valence-electron chi connectivity index (χ3n) is 4.45. The lowest BCUT2D eigenvalue weighted by molar-refractivity contribution is -0.137. The minimum Gasteiger partial charge on any atom is -0.417 e. The summed E-state index contributed by atoms with van der Waals surface area (Å²) in [5.41, 5.74) is -0.332. The van der Waals surface area contributed by atoms with Crippen molar-refractivity contribution in [2.24, 2.45) is 0 Å². The Hall–Kier alpha value is -1.32. The predicted octanol–water partition coefficient (Wildman–Crippen LogP) is 5.72. The van der Waals surface area contributed by atoms with Gasteiger partial charge in [0.2, 0.25) is 0 Å². The number of halogens is 3. The van der Waals surface area contributed by atoms with Crippen molar-refractivity contribution >= 4 is 8.32 Å². The lowest BCUT2D eigenvalue weighted by Gasteiger charge is -2.36. The van der Waals surface area contributed by atoms with Gasteiger partial charge in [-0.1, -0.05) is 39.0 Å². The number of hydrogen-bond acceptors (Lipinski definition) is 2. The van der Waals surface area contributed by atoms with E-state index in [2.05, 4.69) is 39.9 Å². The third kappa shape index (κ3) is 5.36. The molecule has 0 bridgehead atoms. The lowest BCUT2D eigenvalue weighted by Crippen LogP contribution is -2.41. The van der Waals surface area contributed by atoms with Crippen LogP contribution in [0.25, 0.3) is 0 Å². The van der Waals surface area contributed by atoms with Crippen molar-refractivity contribution in [2.75, 3.05) is 6.61 Å². The third-order valence-corrected chi connectivity index (χ3v) is 8.99. The maximum absolute atomic E-state index is 12.8. The fraction of sp³-hybridized carbons (Fsp3) is 0.588. The van der Waals surface area contributed by atoms with Crippen molar-refractivity contribution in [2.45, 2.75) is 57.4 Å². The topological polar surface area (TPSA) is 33.0 Å². The molecule has 1 aromatic carbocycles. The van der Waals surface area contributed by atoms with Crippen LogP contribution >= 0.6 is 0 Å². The molecule has 0 amide bonds. The second-order valence-corrected chi connectivity index (χ2v) is 12.0. The highest BCUT2D eigenvalue weighted by Gasteiger charge is 2.37. The summed E-state index contributed by atoms with van der Waals surface area (Å²) in [5, 5.41) is 9.35. The predicted molar refractivity (Wildman–Crippen MR) is 87.6 cm³/mol. The molecule has 1 aromatic rings. The van der Waals surface area contributed by atoms with Gasteiger partial charge in [-0.3, -0.25) is 0 Å². The van der Waals surface area contributed by atoms with E-state index in [0.29, 0.717) is 18.6 Å². The first-order valence-corrected chi connectivity index (χ1v) is 10.5. The molecule has 1 atom stereocenters. The van der Waals surface area contributed by atoms with Crippen LogP contribution in [0.3, 0.4) is 0 Å². The van der Waals surface area contributed by atoms with Crippen molar-refractivity contribution < 1.29 is 17.6 Å². The van der Waals surface area contributed by atoms with Crippen LogP contribution in [0.5, 0.6) is 0 Å². The van der Waals surface area contributed by atoms with E-state index in [1.165, 1.54) is 6.07 Å². The summed E-state index contributed by atoms with van der Waals surface area (Å²) < 4.78 is 44.3. The number of benzene rings is 1. The molecule has 0 saturated carbocycles. The summed E-state index contributed by atoms with van der Waals surface area (Å²) in [7, 11) is -1.92. The number of nitriles is 1. The van der Waals surface area contributed by atoms with Crippen molar-refractivity contribution in [3.05, 3.63) is 35.4 Å². The van der Waals surface area contributed by atoms with Gasteiger partial charge in [0.15, 0.2) is 8.32 Å². The summed E-state index contributed by atoms with van der Waals surface area (Å²) in [5.74, 6) is -0.595.